The molecule has 0 spiro atoms. The van der Waals surface area contributed by atoms with Crippen molar-refractivity contribution in [3.63, 3.8) is 0 Å². The second-order valence-electron chi connectivity index (χ2n) is 7.53. The van der Waals surface area contributed by atoms with Gasteiger partial charge in [0.25, 0.3) is 0 Å². The highest BCUT2D eigenvalue weighted by Crippen LogP contribution is 2.38. The number of thiazole rings is 1. The lowest BCUT2D eigenvalue weighted by Crippen LogP contribution is -2.46. The molecule has 1 amide bonds. The van der Waals surface area contributed by atoms with Gasteiger partial charge in [0.1, 0.15) is 16.9 Å². The molecule has 1 aromatic carbocycles. The summed E-state index contributed by atoms with van der Waals surface area (Å²) >= 11 is 1.46. The van der Waals surface area contributed by atoms with Gasteiger partial charge in [0.15, 0.2) is 0 Å². The topological polar surface area (TPSA) is 51.2 Å². The molecule has 1 aliphatic carbocycles. The lowest BCUT2D eigenvalue weighted by molar-refractivity contribution is 0.0398. The molecule has 6 heteroatoms. The summed E-state index contributed by atoms with van der Waals surface area (Å²) in [5.41, 5.74) is 1.88. The van der Waals surface area contributed by atoms with Crippen molar-refractivity contribution in [2.75, 3.05) is 0 Å². The quantitative estimate of drug-likeness (QED) is 0.650. The van der Waals surface area contributed by atoms with Gasteiger partial charge in [-0.25, -0.2) is 14.2 Å². The lowest BCUT2D eigenvalue weighted by atomic mass is 9.75. The standard InChI is InChI=1S/C21H25FN2O2S/c1-5-6-15-11-13(2)18(15)26-20(25)24-21(3,4)17-12-27-19(23-17)14-7-9-16(22)10-8-14/h7-10,12,15,18H,2,5-6,11H2,1,3-4H3,(H,24,25). The van der Waals surface area contributed by atoms with Gasteiger partial charge >= 0.3 is 6.09 Å². The van der Waals surface area contributed by atoms with Crippen molar-refractivity contribution in [3.8, 4) is 10.6 Å². The molecule has 1 fully saturated rings. The Morgan fingerprint density at radius 1 is 1.41 bits per heavy atom. The van der Waals surface area contributed by atoms with Crippen LogP contribution in [-0.4, -0.2) is 17.2 Å². The maximum atomic E-state index is 13.1. The highest BCUT2D eigenvalue weighted by Gasteiger charge is 2.38. The Labute approximate surface area is 163 Å². The number of carbonyl (C=O) groups is 1. The Kier molecular flexibility index (Phi) is 5.65. The SMILES string of the molecule is C=C1CC(CCC)C1OC(=O)NC(C)(C)c1csc(-c2ccc(F)cc2)n1. The molecule has 2 unspecified atom stereocenters. The van der Waals surface area contributed by atoms with Crippen molar-refractivity contribution in [2.24, 2.45) is 5.92 Å². The van der Waals surface area contributed by atoms with E-state index in [1.807, 2.05) is 19.2 Å². The van der Waals surface area contributed by atoms with Crippen LogP contribution in [0.4, 0.5) is 9.18 Å². The van der Waals surface area contributed by atoms with Crippen molar-refractivity contribution in [1.82, 2.24) is 10.3 Å². The van der Waals surface area contributed by atoms with Crippen LogP contribution in [0.25, 0.3) is 10.6 Å². The number of hydrogen-bond donors (Lipinski definition) is 1. The summed E-state index contributed by atoms with van der Waals surface area (Å²) in [5, 5.41) is 5.60. The molecule has 2 atom stereocenters. The molecule has 0 radical (unpaired) electrons. The normalized spacial score (nSPS) is 19.5. The summed E-state index contributed by atoms with van der Waals surface area (Å²) in [4.78, 5) is 17.0. The van der Waals surface area contributed by atoms with Gasteiger partial charge < -0.3 is 10.1 Å². The summed E-state index contributed by atoms with van der Waals surface area (Å²) in [6.07, 6.45) is 2.39. The average molecular weight is 389 g/mol. The zero-order valence-corrected chi connectivity index (χ0v) is 16.7. The van der Waals surface area contributed by atoms with Gasteiger partial charge in [0, 0.05) is 16.9 Å². The zero-order chi connectivity index (χ0) is 19.6. The highest BCUT2D eigenvalue weighted by molar-refractivity contribution is 7.13. The molecule has 4 nitrogen and oxygen atoms in total. The van der Waals surface area contributed by atoms with E-state index < -0.39 is 11.6 Å². The van der Waals surface area contributed by atoms with Gasteiger partial charge in [-0.2, -0.15) is 0 Å². The van der Waals surface area contributed by atoms with Crippen LogP contribution in [0.15, 0.2) is 41.8 Å². The Hall–Kier alpha value is -2.21. The van der Waals surface area contributed by atoms with Crippen LogP contribution in [-0.2, 0) is 10.3 Å². The van der Waals surface area contributed by atoms with E-state index in [0.717, 1.165) is 41.1 Å². The molecule has 2 aromatic rings. The molecule has 144 valence electrons. The molecular weight excluding hydrogens is 363 g/mol. The van der Waals surface area contributed by atoms with Crippen LogP contribution >= 0.6 is 11.3 Å². The van der Waals surface area contributed by atoms with Crippen molar-refractivity contribution >= 4 is 17.4 Å². The molecular formula is C21H25FN2O2S. The predicted molar refractivity (Wildman–Crippen MR) is 106 cm³/mol. The molecule has 0 bridgehead atoms. The number of carbonyl (C=O) groups excluding carboxylic acids is 1. The number of ether oxygens (including phenoxy) is 1. The number of halogens is 1. The highest BCUT2D eigenvalue weighted by atomic mass is 32.1. The fourth-order valence-corrected chi connectivity index (χ4v) is 4.28. The molecule has 1 N–H and O–H groups in total. The summed E-state index contributed by atoms with van der Waals surface area (Å²) in [6, 6.07) is 6.22. The predicted octanol–water partition coefficient (Wildman–Crippen LogP) is 5.66. The van der Waals surface area contributed by atoms with E-state index >= 15 is 0 Å². The summed E-state index contributed by atoms with van der Waals surface area (Å²) in [5.74, 6) is 0.0972. The van der Waals surface area contributed by atoms with E-state index in [1.165, 1.54) is 23.5 Å². The van der Waals surface area contributed by atoms with Gasteiger partial charge in [0.05, 0.1) is 11.2 Å². The third-order valence-electron chi connectivity index (χ3n) is 4.90. The fraction of sp³-hybridized carbons (Fsp3) is 0.429. The van der Waals surface area contributed by atoms with Crippen molar-refractivity contribution < 1.29 is 13.9 Å². The minimum absolute atomic E-state index is 0.189. The first-order chi connectivity index (χ1) is 12.8. The maximum Gasteiger partial charge on any atom is 0.408 e. The van der Waals surface area contributed by atoms with Crippen LogP contribution < -0.4 is 5.32 Å². The van der Waals surface area contributed by atoms with Crippen molar-refractivity contribution in [2.45, 2.75) is 51.7 Å². The Balaban J connectivity index is 1.65. The van der Waals surface area contributed by atoms with Gasteiger partial charge in [-0.15, -0.1) is 11.3 Å². The van der Waals surface area contributed by atoms with Gasteiger partial charge in [-0.3, -0.25) is 0 Å². The molecule has 1 aliphatic rings. The Morgan fingerprint density at radius 3 is 2.74 bits per heavy atom. The fourth-order valence-electron chi connectivity index (χ4n) is 3.29. The number of benzene rings is 1. The summed E-state index contributed by atoms with van der Waals surface area (Å²) < 4.78 is 18.7. The minimum Gasteiger partial charge on any atom is -0.441 e. The molecule has 27 heavy (non-hydrogen) atoms. The molecule has 0 saturated heterocycles. The summed E-state index contributed by atoms with van der Waals surface area (Å²) in [6.45, 7) is 9.88. The third-order valence-corrected chi connectivity index (χ3v) is 5.79. The van der Waals surface area contributed by atoms with Gasteiger partial charge in [0.2, 0.25) is 0 Å². The second-order valence-corrected chi connectivity index (χ2v) is 8.39. The third kappa shape index (κ3) is 4.38. The monoisotopic (exact) mass is 388 g/mol. The van der Waals surface area contributed by atoms with E-state index in [2.05, 4.69) is 23.8 Å². The minimum atomic E-state index is -0.683. The average Bonchev–Trinajstić information content (AvgIpc) is 3.11. The zero-order valence-electron chi connectivity index (χ0n) is 15.9. The van der Waals surface area contributed by atoms with Crippen molar-refractivity contribution in [1.29, 1.82) is 0 Å². The molecule has 3 rings (SSSR count). The maximum absolute atomic E-state index is 13.1. The first-order valence-electron chi connectivity index (χ1n) is 9.18. The van der Waals surface area contributed by atoms with Crippen LogP contribution in [0.2, 0.25) is 0 Å². The number of nitrogens with zero attached hydrogens (tertiary/aromatic N) is 1. The number of hydrogen-bond acceptors (Lipinski definition) is 4. The molecule has 1 aromatic heterocycles. The summed E-state index contributed by atoms with van der Waals surface area (Å²) in [7, 11) is 0. The van der Waals surface area contributed by atoms with Gasteiger partial charge in [-0.05, 0) is 56.5 Å². The van der Waals surface area contributed by atoms with Gasteiger partial charge in [-0.1, -0.05) is 19.9 Å². The molecule has 0 aliphatic heterocycles. The Bertz CT molecular complexity index is 829. The number of amides is 1. The Morgan fingerprint density at radius 2 is 2.11 bits per heavy atom. The van der Waals surface area contributed by atoms with E-state index in [1.54, 1.807) is 12.1 Å². The smallest absolute Gasteiger partial charge is 0.408 e. The molecule has 1 saturated carbocycles. The van der Waals surface area contributed by atoms with E-state index in [4.69, 9.17) is 4.74 Å². The number of rotatable bonds is 6. The molecule has 1 heterocycles. The van der Waals surface area contributed by atoms with E-state index in [0.29, 0.717) is 5.92 Å². The number of nitrogens with one attached hydrogen (secondary N) is 1. The number of alkyl carbamates (subject to hydrolysis) is 1. The van der Waals surface area contributed by atoms with Crippen LogP contribution in [0.1, 0.15) is 45.7 Å². The second kappa shape index (κ2) is 7.80. The van der Waals surface area contributed by atoms with E-state index in [9.17, 15) is 9.18 Å². The van der Waals surface area contributed by atoms with Crippen LogP contribution in [0.5, 0.6) is 0 Å². The van der Waals surface area contributed by atoms with E-state index in [-0.39, 0.29) is 11.9 Å². The van der Waals surface area contributed by atoms with Crippen LogP contribution in [0, 0.1) is 11.7 Å². The first-order valence-corrected chi connectivity index (χ1v) is 10.1. The van der Waals surface area contributed by atoms with Crippen LogP contribution in [0.3, 0.4) is 0 Å². The first kappa shape index (κ1) is 19.5. The largest absolute Gasteiger partial charge is 0.441 e. The number of aromatic nitrogens is 1. The lowest BCUT2D eigenvalue weighted by Gasteiger charge is -2.38. The van der Waals surface area contributed by atoms with Crippen molar-refractivity contribution in [3.05, 3.63) is 53.3 Å².